The molecule has 3 nitrogen and oxygen atoms in total. The summed E-state index contributed by atoms with van der Waals surface area (Å²) in [6, 6.07) is 0. The molecular formula is C12H18O3. The molecule has 0 spiro atoms. The van der Waals surface area contributed by atoms with Crippen molar-refractivity contribution in [3.8, 4) is 0 Å². The highest BCUT2D eigenvalue weighted by molar-refractivity contribution is 5.72. The van der Waals surface area contributed by atoms with Gasteiger partial charge in [0.15, 0.2) is 0 Å². The van der Waals surface area contributed by atoms with Gasteiger partial charge in [-0.1, -0.05) is 25.2 Å². The minimum absolute atomic E-state index is 0.247. The predicted octanol–water partition coefficient (Wildman–Crippen LogP) is 2.28. The Morgan fingerprint density at radius 2 is 2.07 bits per heavy atom. The normalized spacial score (nSPS) is 13.9. The Labute approximate surface area is 90.8 Å². The molecule has 0 aromatic rings. The van der Waals surface area contributed by atoms with Gasteiger partial charge in [0.05, 0.1) is 6.61 Å². The van der Waals surface area contributed by atoms with Crippen LogP contribution in [0.4, 0.5) is 0 Å². The Morgan fingerprint density at radius 3 is 2.60 bits per heavy atom. The van der Waals surface area contributed by atoms with Crippen LogP contribution in [-0.2, 0) is 14.3 Å². The molecule has 0 heterocycles. The highest BCUT2D eigenvalue weighted by Crippen LogP contribution is 2.04. The van der Waals surface area contributed by atoms with Crippen molar-refractivity contribution in [2.45, 2.75) is 27.2 Å². The van der Waals surface area contributed by atoms with Gasteiger partial charge in [-0.15, -0.1) is 0 Å². The number of esters is 1. The van der Waals surface area contributed by atoms with Crippen molar-refractivity contribution in [3.63, 3.8) is 0 Å². The van der Waals surface area contributed by atoms with E-state index in [0.717, 1.165) is 12.7 Å². The lowest BCUT2D eigenvalue weighted by Crippen LogP contribution is -2.03. The van der Waals surface area contributed by atoms with E-state index >= 15 is 0 Å². The van der Waals surface area contributed by atoms with Crippen molar-refractivity contribution in [1.29, 1.82) is 0 Å². The van der Waals surface area contributed by atoms with Crippen molar-refractivity contribution in [3.05, 3.63) is 23.8 Å². The van der Waals surface area contributed by atoms with E-state index in [1.54, 1.807) is 13.0 Å². The molecule has 0 fully saturated rings. The summed E-state index contributed by atoms with van der Waals surface area (Å²) >= 11 is 0. The summed E-state index contributed by atoms with van der Waals surface area (Å²) < 4.78 is 4.82. The van der Waals surface area contributed by atoms with E-state index in [9.17, 15) is 9.59 Å². The van der Waals surface area contributed by atoms with E-state index in [1.807, 2.05) is 19.1 Å². The number of aldehydes is 1. The summed E-state index contributed by atoms with van der Waals surface area (Å²) in [5.41, 5.74) is 0.693. The smallest absolute Gasteiger partial charge is 0.302 e. The summed E-state index contributed by atoms with van der Waals surface area (Å²) in [6.07, 6.45) is 7.20. The Hall–Kier alpha value is -1.38. The van der Waals surface area contributed by atoms with Crippen LogP contribution in [-0.4, -0.2) is 18.9 Å². The van der Waals surface area contributed by atoms with Crippen molar-refractivity contribution < 1.29 is 14.3 Å². The third kappa shape index (κ3) is 8.94. The van der Waals surface area contributed by atoms with Crippen LogP contribution in [0.15, 0.2) is 23.8 Å². The second-order valence-electron chi connectivity index (χ2n) is 3.52. The summed E-state index contributed by atoms with van der Waals surface area (Å²) in [5, 5.41) is 0. The van der Waals surface area contributed by atoms with E-state index < -0.39 is 0 Å². The monoisotopic (exact) mass is 210 g/mol. The first-order valence-corrected chi connectivity index (χ1v) is 5.00. The second-order valence-corrected chi connectivity index (χ2v) is 3.52. The Bertz CT molecular complexity index is 264. The molecule has 0 amide bonds. The fourth-order valence-electron chi connectivity index (χ4n) is 0.921. The molecule has 84 valence electrons. The van der Waals surface area contributed by atoms with Gasteiger partial charge >= 0.3 is 5.97 Å². The summed E-state index contributed by atoms with van der Waals surface area (Å²) in [5.74, 6) is 0.0860. The maximum Gasteiger partial charge on any atom is 0.302 e. The topological polar surface area (TPSA) is 43.4 Å². The highest BCUT2D eigenvalue weighted by atomic mass is 16.5. The lowest BCUT2D eigenvalue weighted by Gasteiger charge is -2.05. The van der Waals surface area contributed by atoms with E-state index in [1.165, 1.54) is 6.92 Å². The minimum Gasteiger partial charge on any atom is -0.466 e. The molecule has 0 saturated carbocycles. The first-order chi connectivity index (χ1) is 7.06. The number of hydrogen-bond donors (Lipinski definition) is 0. The molecule has 1 atom stereocenters. The Morgan fingerprint density at radius 1 is 1.40 bits per heavy atom. The molecule has 1 unspecified atom stereocenters. The Balaban J connectivity index is 3.78. The molecule has 0 aliphatic heterocycles. The highest BCUT2D eigenvalue weighted by Gasteiger charge is 1.98. The number of carbonyl (C=O) groups excluding carboxylic acids is 2. The van der Waals surface area contributed by atoms with Gasteiger partial charge in [0.2, 0.25) is 0 Å². The van der Waals surface area contributed by atoms with Gasteiger partial charge in [-0.3, -0.25) is 9.59 Å². The molecule has 0 aromatic carbocycles. The minimum atomic E-state index is -0.247. The quantitative estimate of drug-likeness (QED) is 0.292. The van der Waals surface area contributed by atoms with Crippen molar-refractivity contribution in [2.24, 2.45) is 5.92 Å². The first kappa shape index (κ1) is 13.6. The number of carbonyl (C=O) groups is 2. The molecule has 15 heavy (non-hydrogen) atoms. The maximum atomic E-state index is 10.5. The van der Waals surface area contributed by atoms with Crippen LogP contribution < -0.4 is 0 Å². The standard InChI is InChI=1S/C12H18O3/c1-10(7-8-15-12(3)14)5-4-6-11(2)9-13/h4-6,9-10H,7-8H2,1-3H3. The van der Waals surface area contributed by atoms with E-state index in [2.05, 4.69) is 0 Å². The van der Waals surface area contributed by atoms with E-state index in [-0.39, 0.29) is 5.97 Å². The van der Waals surface area contributed by atoms with Gasteiger partial charge in [-0.05, 0) is 24.8 Å². The number of allylic oxidation sites excluding steroid dienone is 4. The van der Waals surface area contributed by atoms with Crippen LogP contribution in [0.3, 0.4) is 0 Å². The van der Waals surface area contributed by atoms with Crippen LogP contribution in [0.25, 0.3) is 0 Å². The number of ether oxygens (including phenoxy) is 1. The predicted molar refractivity (Wildman–Crippen MR) is 59.4 cm³/mol. The molecule has 0 rings (SSSR count). The van der Waals surface area contributed by atoms with Crippen molar-refractivity contribution in [2.75, 3.05) is 6.61 Å². The fraction of sp³-hybridized carbons (Fsp3) is 0.500. The second kappa shape index (κ2) is 7.97. The lowest BCUT2D eigenvalue weighted by molar-refractivity contribution is -0.141. The third-order valence-electron chi connectivity index (χ3n) is 1.86. The fourth-order valence-corrected chi connectivity index (χ4v) is 0.921. The molecule has 3 heteroatoms. The van der Waals surface area contributed by atoms with Crippen LogP contribution in [0.1, 0.15) is 27.2 Å². The maximum absolute atomic E-state index is 10.5. The molecule has 0 bridgehead atoms. The third-order valence-corrected chi connectivity index (χ3v) is 1.86. The molecular weight excluding hydrogens is 192 g/mol. The summed E-state index contributed by atoms with van der Waals surface area (Å²) in [4.78, 5) is 20.7. The molecule has 0 saturated heterocycles. The van der Waals surface area contributed by atoms with Crippen molar-refractivity contribution >= 4 is 12.3 Å². The van der Waals surface area contributed by atoms with Crippen LogP contribution in [0.2, 0.25) is 0 Å². The number of rotatable bonds is 6. The van der Waals surface area contributed by atoms with Gasteiger partial charge < -0.3 is 4.74 Å². The first-order valence-electron chi connectivity index (χ1n) is 5.00. The Kier molecular flexibility index (Phi) is 7.24. The van der Waals surface area contributed by atoms with Gasteiger partial charge in [0, 0.05) is 6.92 Å². The van der Waals surface area contributed by atoms with Gasteiger partial charge in [-0.25, -0.2) is 0 Å². The molecule has 0 radical (unpaired) electrons. The molecule has 0 aliphatic carbocycles. The van der Waals surface area contributed by atoms with Crippen molar-refractivity contribution in [1.82, 2.24) is 0 Å². The van der Waals surface area contributed by atoms with Gasteiger partial charge in [0.1, 0.15) is 6.29 Å². The zero-order valence-corrected chi connectivity index (χ0v) is 9.53. The largest absolute Gasteiger partial charge is 0.466 e. The molecule has 0 aromatic heterocycles. The van der Waals surface area contributed by atoms with Crippen LogP contribution in [0, 0.1) is 5.92 Å². The molecule has 0 N–H and O–H groups in total. The van der Waals surface area contributed by atoms with Crippen LogP contribution in [0.5, 0.6) is 0 Å². The summed E-state index contributed by atoms with van der Waals surface area (Å²) in [7, 11) is 0. The zero-order valence-electron chi connectivity index (χ0n) is 9.53. The zero-order chi connectivity index (χ0) is 11.7. The average molecular weight is 210 g/mol. The number of hydrogen-bond acceptors (Lipinski definition) is 3. The van der Waals surface area contributed by atoms with E-state index in [0.29, 0.717) is 18.1 Å². The van der Waals surface area contributed by atoms with Crippen LogP contribution >= 0.6 is 0 Å². The SMILES string of the molecule is CC(=O)OCCC(C)C=CC=C(C)C=O. The van der Waals surface area contributed by atoms with Gasteiger partial charge in [-0.2, -0.15) is 0 Å². The molecule has 0 aliphatic rings. The average Bonchev–Trinajstić information content (AvgIpc) is 2.17. The van der Waals surface area contributed by atoms with E-state index in [4.69, 9.17) is 4.74 Å². The lowest BCUT2D eigenvalue weighted by atomic mass is 10.1. The van der Waals surface area contributed by atoms with Gasteiger partial charge in [0.25, 0.3) is 0 Å². The summed E-state index contributed by atoms with van der Waals surface area (Å²) in [6.45, 7) is 5.62.